The van der Waals surface area contributed by atoms with Crippen molar-refractivity contribution in [1.82, 2.24) is 9.97 Å². The summed E-state index contributed by atoms with van der Waals surface area (Å²) in [5, 5.41) is 5.97. The van der Waals surface area contributed by atoms with Crippen molar-refractivity contribution >= 4 is 33.3 Å². The molecule has 2 heterocycles. The Morgan fingerprint density at radius 2 is 2.10 bits per heavy atom. The van der Waals surface area contributed by atoms with Crippen molar-refractivity contribution in [1.29, 1.82) is 0 Å². The van der Waals surface area contributed by atoms with E-state index in [9.17, 15) is 4.79 Å². The normalized spacial score (nSPS) is 10.3. The first-order valence-electron chi connectivity index (χ1n) is 6.66. The molecule has 0 saturated heterocycles. The van der Waals surface area contributed by atoms with Crippen LogP contribution in [0.3, 0.4) is 0 Å². The van der Waals surface area contributed by atoms with Crippen molar-refractivity contribution in [2.45, 2.75) is 20.8 Å². The third kappa shape index (κ3) is 3.78. The van der Waals surface area contributed by atoms with E-state index < -0.39 is 0 Å². The number of amides is 1. The number of aryl methyl sites for hydroxylation is 2. The number of anilines is 2. The van der Waals surface area contributed by atoms with Gasteiger partial charge in [-0.25, -0.2) is 4.98 Å². The van der Waals surface area contributed by atoms with Crippen LogP contribution < -0.4 is 10.6 Å². The van der Waals surface area contributed by atoms with Crippen molar-refractivity contribution in [2.75, 3.05) is 17.2 Å². The number of rotatable bonds is 4. The minimum Gasteiger partial charge on any atom is -0.385 e. The molecule has 0 bridgehead atoms. The summed E-state index contributed by atoms with van der Waals surface area (Å²) in [5.74, 6) is 0.288. The van der Waals surface area contributed by atoms with Gasteiger partial charge >= 0.3 is 0 Å². The SMILES string of the molecule is CCNc1cc(C)ncc1C(=O)Nc1ccc(Br)c(C)n1. The largest absolute Gasteiger partial charge is 0.385 e. The first-order chi connectivity index (χ1) is 10.0. The number of nitrogens with zero attached hydrogens (tertiary/aromatic N) is 2. The Balaban J connectivity index is 2.25. The average molecular weight is 349 g/mol. The first-order valence-corrected chi connectivity index (χ1v) is 7.45. The summed E-state index contributed by atoms with van der Waals surface area (Å²) in [5.41, 5.74) is 2.96. The second-order valence-corrected chi connectivity index (χ2v) is 5.47. The standard InChI is InChI=1S/C15H17BrN4O/c1-4-17-13-7-9(2)18-8-11(13)15(21)20-14-6-5-12(16)10(3)19-14/h5-8H,4H2,1-3H3,(H,17,18)(H,19,20,21). The fourth-order valence-corrected chi connectivity index (χ4v) is 2.10. The van der Waals surface area contributed by atoms with E-state index >= 15 is 0 Å². The van der Waals surface area contributed by atoms with Gasteiger partial charge in [-0.2, -0.15) is 0 Å². The van der Waals surface area contributed by atoms with Crippen LogP contribution in [0.1, 0.15) is 28.7 Å². The molecule has 2 N–H and O–H groups in total. The van der Waals surface area contributed by atoms with Crippen LogP contribution in [-0.2, 0) is 0 Å². The van der Waals surface area contributed by atoms with Crippen molar-refractivity contribution in [3.8, 4) is 0 Å². The van der Waals surface area contributed by atoms with E-state index in [1.165, 1.54) is 0 Å². The maximum absolute atomic E-state index is 12.4. The lowest BCUT2D eigenvalue weighted by molar-refractivity contribution is 0.102. The van der Waals surface area contributed by atoms with Gasteiger partial charge in [0.2, 0.25) is 0 Å². The molecule has 6 heteroatoms. The van der Waals surface area contributed by atoms with Gasteiger partial charge in [-0.3, -0.25) is 9.78 Å². The highest BCUT2D eigenvalue weighted by molar-refractivity contribution is 9.10. The second kappa shape index (κ2) is 6.67. The molecule has 0 radical (unpaired) electrons. The highest BCUT2D eigenvalue weighted by Gasteiger charge is 2.13. The fraction of sp³-hybridized carbons (Fsp3) is 0.267. The number of pyridine rings is 2. The average Bonchev–Trinajstić information content (AvgIpc) is 2.43. The molecule has 0 aliphatic rings. The van der Waals surface area contributed by atoms with Gasteiger partial charge in [-0.05, 0) is 54.9 Å². The summed E-state index contributed by atoms with van der Waals surface area (Å²) < 4.78 is 0.908. The maximum atomic E-state index is 12.4. The number of nitrogens with one attached hydrogen (secondary N) is 2. The van der Waals surface area contributed by atoms with Gasteiger partial charge in [0.1, 0.15) is 5.82 Å². The van der Waals surface area contributed by atoms with Gasteiger partial charge in [0.05, 0.1) is 16.9 Å². The molecule has 2 rings (SSSR count). The van der Waals surface area contributed by atoms with E-state index in [2.05, 4.69) is 36.5 Å². The lowest BCUT2D eigenvalue weighted by Crippen LogP contribution is -2.16. The molecule has 0 aromatic carbocycles. The van der Waals surface area contributed by atoms with Gasteiger partial charge in [0, 0.05) is 22.9 Å². The van der Waals surface area contributed by atoms with Crippen LogP contribution in [0.15, 0.2) is 28.9 Å². The predicted molar refractivity (Wildman–Crippen MR) is 87.8 cm³/mol. The van der Waals surface area contributed by atoms with Gasteiger partial charge in [-0.15, -0.1) is 0 Å². The Bertz CT molecular complexity index is 673. The van der Waals surface area contributed by atoms with Crippen molar-refractivity contribution in [2.24, 2.45) is 0 Å². The zero-order chi connectivity index (χ0) is 15.4. The number of halogens is 1. The summed E-state index contributed by atoms with van der Waals surface area (Å²) in [6, 6.07) is 5.47. The van der Waals surface area contributed by atoms with Gasteiger partial charge in [-0.1, -0.05) is 0 Å². The number of carbonyl (C=O) groups excluding carboxylic acids is 1. The number of carbonyl (C=O) groups is 1. The van der Waals surface area contributed by atoms with Crippen molar-refractivity contribution in [3.05, 3.63) is 45.8 Å². The quantitative estimate of drug-likeness (QED) is 0.886. The molecular weight excluding hydrogens is 332 g/mol. The van der Waals surface area contributed by atoms with E-state index in [-0.39, 0.29) is 5.91 Å². The molecule has 0 aliphatic heterocycles. The van der Waals surface area contributed by atoms with E-state index in [4.69, 9.17) is 0 Å². The van der Waals surface area contributed by atoms with E-state index in [0.717, 1.165) is 28.1 Å². The van der Waals surface area contributed by atoms with Crippen molar-refractivity contribution < 1.29 is 4.79 Å². The summed E-state index contributed by atoms with van der Waals surface area (Å²) in [6.45, 7) is 6.48. The van der Waals surface area contributed by atoms with Crippen LogP contribution in [0.25, 0.3) is 0 Å². The molecule has 1 amide bonds. The highest BCUT2D eigenvalue weighted by Crippen LogP contribution is 2.19. The summed E-state index contributed by atoms with van der Waals surface area (Å²) in [6.07, 6.45) is 1.58. The third-order valence-corrected chi connectivity index (χ3v) is 3.75. The number of hydrogen-bond acceptors (Lipinski definition) is 4. The lowest BCUT2D eigenvalue weighted by atomic mass is 10.2. The molecule has 0 aliphatic carbocycles. The number of aromatic nitrogens is 2. The van der Waals surface area contributed by atoms with Crippen LogP contribution in [0.5, 0.6) is 0 Å². The third-order valence-electron chi connectivity index (χ3n) is 2.92. The molecule has 0 atom stereocenters. The molecule has 110 valence electrons. The van der Waals surface area contributed by atoms with Crippen molar-refractivity contribution in [3.63, 3.8) is 0 Å². The van der Waals surface area contributed by atoms with Crippen LogP contribution in [0, 0.1) is 13.8 Å². The highest BCUT2D eigenvalue weighted by atomic mass is 79.9. The summed E-state index contributed by atoms with van der Waals surface area (Å²) in [4.78, 5) is 20.9. The number of hydrogen-bond donors (Lipinski definition) is 2. The van der Waals surface area contributed by atoms with E-state index in [0.29, 0.717) is 11.4 Å². The molecule has 2 aromatic heterocycles. The maximum Gasteiger partial charge on any atom is 0.260 e. The zero-order valence-corrected chi connectivity index (χ0v) is 13.8. The van der Waals surface area contributed by atoms with Crippen LogP contribution in [-0.4, -0.2) is 22.4 Å². The Hall–Kier alpha value is -1.95. The van der Waals surface area contributed by atoms with Crippen LogP contribution in [0.2, 0.25) is 0 Å². The molecule has 5 nitrogen and oxygen atoms in total. The molecule has 21 heavy (non-hydrogen) atoms. The molecule has 0 saturated carbocycles. The van der Waals surface area contributed by atoms with Crippen LogP contribution in [0.4, 0.5) is 11.5 Å². The smallest absolute Gasteiger partial charge is 0.260 e. The van der Waals surface area contributed by atoms with Crippen LogP contribution >= 0.6 is 15.9 Å². The Kier molecular flexibility index (Phi) is 4.90. The predicted octanol–water partition coefficient (Wildman–Crippen LogP) is 3.54. The van der Waals surface area contributed by atoms with E-state index in [1.54, 1.807) is 12.3 Å². The molecule has 0 unspecified atom stereocenters. The minimum absolute atomic E-state index is 0.229. The van der Waals surface area contributed by atoms with E-state index in [1.807, 2.05) is 32.9 Å². The Morgan fingerprint density at radius 3 is 2.76 bits per heavy atom. The second-order valence-electron chi connectivity index (χ2n) is 4.62. The fourth-order valence-electron chi connectivity index (χ4n) is 1.87. The summed E-state index contributed by atoms with van der Waals surface area (Å²) in [7, 11) is 0. The molecule has 0 spiro atoms. The minimum atomic E-state index is -0.229. The monoisotopic (exact) mass is 348 g/mol. The topological polar surface area (TPSA) is 66.9 Å². The zero-order valence-electron chi connectivity index (χ0n) is 12.2. The lowest BCUT2D eigenvalue weighted by Gasteiger charge is -2.11. The first kappa shape index (κ1) is 15.4. The molecular formula is C15H17BrN4O. The molecule has 0 fully saturated rings. The van der Waals surface area contributed by atoms with Gasteiger partial charge in [0.15, 0.2) is 0 Å². The Morgan fingerprint density at radius 1 is 1.33 bits per heavy atom. The van der Waals surface area contributed by atoms with Gasteiger partial charge < -0.3 is 10.6 Å². The summed E-state index contributed by atoms with van der Waals surface area (Å²) >= 11 is 3.39. The van der Waals surface area contributed by atoms with Gasteiger partial charge in [0.25, 0.3) is 5.91 Å². The molecule has 2 aromatic rings. The Labute approximate surface area is 132 Å².